The number of aromatic nitrogens is 1. The van der Waals surface area contributed by atoms with Crippen LogP contribution in [-0.2, 0) is 10.9 Å². The molecule has 21 heavy (non-hydrogen) atoms. The molecule has 1 heterocycles. The minimum absolute atomic E-state index is 0.0796. The van der Waals surface area contributed by atoms with Gasteiger partial charge in [0.05, 0.1) is 19.3 Å². The van der Waals surface area contributed by atoms with E-state index in [9.17, 15) is 18.0 Å². The summed E-state index contributed by atoms with van der Waals surface area (Å²) in [5, 5.41) is -0.224. The van der Waals surface area contributed by atoms with Crippen LogP contribution in [0.15, 0.2) is 12.1 Å². The van der Waals surface area contributed by atoms with Gasteiger partial charge in [0.2, 0.25) is 0 Å². The lowest BCUT2D eigenvalue weighted by molar-refractivity contribution is -0.137. The first-order valence-electron chi connectivity index (χ1n) is 6.24. The Morgan fingerprint density at radius 1 is 1.33 bits per heavy atom. The fourth-order valence-corrected chi connectivity index (χ4v) is 2.31. The molecule has 0 fully saturated rings. The molecule has 0 bridgehead atoms. The summed E-state index contributed by atoms with van der Waals surface area (Å²) in [7, 11) is 1.15. The summed E-state index contributed by atoms with van der Waals surface area (Å²) in [4.78, 5) is 14.7. The Labute approximate surface area is 118 Å². The Hall–Kier alpha value is -2.18. The van der Waals surface area contributed by atoms with E-state index in [1.165, 1.54) is 19.1 Å². The first-order valence-corrected chi connectivity index (χ1v) is 6.24. The highest BCUT2D eigenvalue weighted by molar-refractivity contribution is 6.07. The summed E-state index contributed by atoms with van der Waals surface area (Å²) in [5.74, 6) is -1.13. The number of alkyl halides is 3. The second-order valence-corrected chi connectivity index (χ2v) is 4.41. The third-order valence-corrected chi connectivity index (χ3v) is 3.10. The van der Waals surface area contributed by atoms with Gasteiger partial charge < -0.3 is 14.5 Å². The van der Waals surface area contributed by atoms with E-state index in [1.807, 2.05) is 0 Å². The molecular weight excluding hydrogens is 287 g/mol. The molecule has 0 aliphatic heterocycles. The molecule has 1 aromatic heterocycles. The van der Waals surface area contributed by atoms with E-state index < -0.39 is 17.7 Å². The fourth-order valence-electron chi connectivity index (χ4n) is 2.31. The van der Waals surface area contributed by atoms with Crippen molar-refractivity contribution in [1.29, 1.82) is 0 Å². The van der Waals surface area contributed by atoms with E-state index in [1.54, 1.807) is 6.92 Å². The summed E-state index contributed by atoms with van der Waals surface area (Å²) < 4.78 is 49.7. The summed E-state index contributed by atoms with van der Waals surface area (Å²) in [6, 6.07) is 2.66. The van der Waals surface area contributed by atoms with Gasteiger partial charge in [-0.3, -0.25) is 0 Å². The molecule has 1 N–H and O–H groups in total. The van der Waals surface area contributed by atoms with Crippen molar-refractivity contribution in [2.75, 3.05) is 13.7 Å². The van der Waals surface area contributed by atoms with Gasteiger partial charge in [-0.2, -0.15) is 13.2 Å². The normalized spacial score (nSPS) is 11.7. The average molecular weight is 301 g/mol. The molecule has 1 aromatic carbocycles. The molecule has 0 saturated heterocycles. The van der Waals surface area contributed by atoms with Crippen LogP contribution in [0.4, 0.5) is 13.2 Å². The topological polar surface area (TPSA) is 51.3 Å². The van der Waals surface area contributed by atoms with Crippen molar-refractivity contribution in [2.45, 2.75) is 20.0 Å². The maximum absolute atomic E-state index is 13.4. The summed E-state index contributed by atoms with van der Waals surface area (Å²) in [6.07, 6.45) is -4.65. The number of aromatic amines is 1. The number of H-pyrrole nitrogens is 1. The quantitative estimate of drug-likeness (QED) is 0.880. The van der Waals surface area contributed by atoms with E-state index in [-0.39, 0.29) is 28.8 Å². The van der Waals surface area contributed by atoms with Gasteiger partial charge in [-0.25, -0.2) is 4.79 Å². The summed E-state index contributed by atoms with van der Waals surface area (Å²) in [6.45, 7) is 3.20. The third-order valence-electron chi connectivity index (χ3n) is 3.10. The number of benzene rings is 1. The molecule has 0 atom stereocenters. The van der Waals surface area contributed by atoms with Crippen LogP contribution >= 0.6 is 0 Å². The van der Waals surface area contributed by atoms with Gasteiger partial charge in [-0.1, -0.05) is 0 Å². The second-order valence-electron chi connectivity index (χ2n) is 4.41. The van der Waals surface area contributed by atoms with E-state index in [2.05, 4.69) is 4.98 Å². The molecule has 0 saturated carbocycles. The average Bonchev–Trinajstić information content (AvgIpc) is 2.72. The monoisotopic (exact) mass is 301 g/mol. The minimum atomic E-state index is -4.65. The predicted octanol–water partition coefficient (Wildman–Crippen LogP) is 3.68. The van der Waals surface area contributed by atoms with Crippen molar-refractivity contribution < 1.29 is 27.4 Å². The lowest BCUT2D eigenvalue weighted by Gasteiger charge is -2.14. The van der Waals surface area contributed by atoms with Crippen LogP contribution in [-0.4, -0.2) is 24.7 Å². The molecule has 0 amide bonds. The minimum Gasteiger partial charge on any atom is -0.496 e. The standard InChI is InChI=1S/C14H14F3NO3/c1-4-21-13(19)10-7(2)18-8-5-6-9(20-3)12(11(8)10)14(15,16)17/h5-6,18H,4H2,1-3H3. The molecular formula is C14H14F3NO3. The fraction of sp³-hybridized carbons (Fsp3) is 0.357. The van der Waals surface area contributed by atoms with Crippen LogP contribution in [0.2, 0.25) is 0 Å². The zero-order valence-electron chi connectivity index (χ0n) is 11.7. The highest BCUT2D eigenvalue weighted by atomic mass is 19.4. The number of halogens is 3. The first-order chi connectivity index (χ1) is 9.81. The van der Waals surface area contributed by atoms with Crippen molar-refractivity contribution >= 4 is 16.9 Å². The zero-order chi connectivity index (χ0) is 15.8. The number of nitrogens with one attached hydrogen (secondary N) is 1. The van der Waals surface area contributed by atoms with E-state index in [0.29, 0.717) is 5.69 Å². The van der Waals surface area contributed by atoms with Crippen molar-refractivity contribution in [3.05, 3.63) is 29.0 Å². The number of rotatable bonds is 3. The number of hydrogen-bond donors (Lipinski definition) is 1. The zero-order valence-corrected chi connectivity index (χ0v) is 11.7. The molecule has 2 aromatic rings. The summed E-state index contributed by atoms with van der Waals surface area (Å²) >= 11 is 0. The van der Waals surface area contributed by atoms with E-state index >= 15 is 0 Å². The SMILES string of the molecule is CCOC(=O)c1c(C)[nH]c2ccc(OC)c(C(F)(F)F)c12. The maximum atomic E-state index is 13.4. The molecule has 0 unspecified atom stereocenters. The second kappa shape index (κ2) is 5.31. The largest absolute Gasteiger partial charge is 0.496 e. The van der Waals surface area contributed by atoms with E-state index in [4.69, 9.17) is 9.47 Å². The molecule has 0 aliphatic rings. The van der Waals surface area contributed by atoms with Gasteiger partial charge in [-0.05, 0) is 26.0 Å². The lowest BCUT2D eigenvalue weighted by atomic mass is 10.0. The number of aryl methyl sites for hydroxylation is 1. The molecule has 0 spiro atoms. The number of carbonyl (C=O) groups is 1. The Balaban J connectivity index is 2.86. The number of methoxy groups -OCH3 is 1. The molecule has 114 valence electrons. The number of carbonyl (C=O) groups excluding carboxylic acids is 1. The maximum Gasteiger partial charge on any atom is 0.420 e. The molecule has 2 rings (SSSR count). The lowest BCUT2D eigenvalue weighted by Crippen LogP contribution is -2.11. The highest BCUT2D eigenvalue weighted by Gasteiger charge is 2.39. The molecule has 0 radical (unpaired) electrons. The highest BCUT2D eigenvalue weighted by Crippen LogP contribution is 2.43. The smallest absolute Gasteiger partial charge is 0.420 e. The van der Waals surface area contributed by atoms with Crippen molar-refractivity contribution in [3.63, 3.8) is 0 Å². The van der Waals surface area contributed by atoms with Gasteiger partial charge in [0, 0.05) is 16.6 Å². The van der Waals surface area contributed by atoms with Crippen LogP contribution in [0.5, 0.6) is 5.75 Å². The van der Waals surface area contributed by atoms with Gasteiger partial charge in [0.25, 0.3) is 0 Å². The number of fused-ring (bicyclic) bond motifs is 1. The Morgan fingerprint density at radius 2 is 2.00 bits per heavy atom. The predicted molar refractivity (Wildman–Crippen MR) is 70.5 cm³/mol. The Morgan fingerprint density at radius 3 is 2.52 bits per heavy atom. The molecule has 4 nitrogen and oxygen atoms in total. The van der Waals surface area contributed by atoms with E-state index in [0.717, 1.165) is 7.11 Å². The van der Waals surface area contributed by atoms with Crippen LogP contribution in [0.1, 0.15) is 28.5 Å². The van der Waals surface area contributed by atoms with Gasteiger partial charge in [0.15, 0.2) is 0 Å². The Kier molecular flexibility index (Phi) is 3.85. The third kappa shape index (κ3) is 2.55. The number of ether oxygens (including phenoxy) is 2. The first kappa shape index (κ1) is 15.2. The van der Waals surface area contributed by atoms with Gasteiger partial charge in [0.1, 0.15) is 11.3 Å². The van der Waals surface area contributed by atoms with Crippen LogP contribution in [0.25, 0.3) is 10.9 Å². The molecule has 0 aliphatic carbocycles. The van der Waals surface area contributed by atoms with Crippen molar-refractivity contribution in [2.24, 2.45) is 0 Å². The summed E-state index contributed by atoms with van der Waals surface area (Å²) in [5.41, 5.74) is -0.557. The van der Waals surface area contributed by atoms with Crippen LogP contribution in [0.3, 0.4) is 0 Å². The van der Waals surface area contributed by atoms with Crippen LogP contribution in [0, 0.1) is 6.92 Å². The van der Waals surface area contributed by atoms with Crippen molar-refractivity contribution in [1.82, 2.24) is 4.98 Å². The van der Waals surface area contributed by atoms with Gasteiger partial charge >= 0.3 is 12.1 Å². The Bertz CT molecular complexity index is 689. The number of hydrogen-bond acceptors (Lipinski definition) is 3. The van der Waals surface area contributed by atoms with Gasteiger partial charge in [-0.15, -0.1) is 0 Å². The number of esters is 1. The molecule has 7 heteroatoms. The van der Waals surface area contributed by atoms with Crippen molar-refractivity contribution in [3.8, 4) is 5.75 Å². The van der Waals surface area contributed by atoms with Crippen LogP contribution < -0.4 is 4.74 Å².